The summed E-state index contributed by atoms with van der Waals surface area (Å²) in [5.74, 6) is 0.748. The molecule has 0 bridgehead atoms. The number of thiazole rings is 1. The monoisotopic (exact) mass is 712 g/mol. The number of halogens is 3. The predicted molar refractivity (Wildman–Crippen MR) is 177 cm³/mol. The van der Waals surface area contributed by atoms with Gasteiger partial charge in [-0.2, -0.15) is 0 Å². The molecule has 1 atom stereocenters. The average Bonchev–Trinajstić information content (AvgIpc) is 3.29. The van der Waals surface area contributed by atoms with Gasteiger partial charge in [0, 0.05) is 15.6 Å². The number of aromatic nitrogens is 1. The Hall–Kier alpha value is -3.63. The number of rotatable bonds is 10. The summed E-state index contributed by atoms with van der Waals surface area (Å²) in [5.41, 5.74) is 2.86. The summed E-state index contributed by atoms with van der Waals surface area (Å²) >= 11 is 17.1. The number of nitrogens with zero attached hydrogens (tertiary/aromatic N) is 2. The highest BCUT2D eigenvalue weighted by molar-refractivity contribution is 9.10. The van der Waals surface area contributed by atoms with Gasteiger partial charge in [-0.25, -0.2) is 9.79 Å². The van der Waals surface area contributed by atoms with Gasteiger partial charge in [0.25, 0.3) is 5.56 Å². The van der Waals surface area contributed by atoms with Crippen LogP contribution in [0.3, 0.4) is 0 Å². The smallest absolute Gasteiger partial charge is 0.338 e. The maximum Gasteiger partial charge on any atom is 0.338 e. The summed E-state index contributed by atoms with van der Waals surface area (Å²) < 4.78 is 19.7. The minimum Gasteiger partial charge on any atom is -0.490 e. The Morgan fingerprint density at radius 1 is 1.11 bits per heavy atom. The summed E-state index contributed by atoms with van der Waals surface area (Å²) in [6.45, 7) is 7.99. The van der Waals surface area contributed by atoms with E-state index in [-0.39, 0.29) is 18.8 Å². The van der Waals surface area contributed by atoms with Crippen LogP contribution in [0.4, 0.5) is 0 Å². The van der Waals surface area contributed by atoms with E-state index in [0.29, 0.717) is 53.2 Å². The molecule has 1 aromatic heterocycles. The zero-order valence-electron chi connectivity index (χ0n) is 23.8. The van der Waals surface area contributed by atoms with Crippen molar-refractivity contribution in [1.29, 1.82) is 0 Å². The summed E-state index contributed by atoms with van der Waals surface area (Å²) in [6.07, 6.45) is 3.45. The van der Waals surface area contributed by atoms with E-state index in [4.69, 9.17) is 37.4 Å². The van der Waals surface area contributed by atoms with Crippen molar-refractivity contribution in [2.75, 3.05) is 13.2 Å². The largest absolute Gasteiger partial charge is 0.490 e. The lowest BCUT2D eigenvalue weighted by Gasteiger charge is -2.24. The second-order valence-corrected chi connectivity index (χ2v) is 12.4. The molecule has 0 N–H and O–H groups in total. The maximum absolute atomic E-state index is 13.9. The van der Waals surface area contributed by atoms with Gasteiger partial charge in [-0.3, -0.25) is 9.36 Å². The van der Waals surface area contributed by atoms with Gasteiger partial charge >= 0.3 is 5.97 Å². The molecule has 0 aliphatic carbocycles. The van der Waals surface area contributed by atoms with Crippen molar-refractivity contribution in [1.82, 2.24) is 4.57 Å². The van der Waals surface area contributed by atoms with Crippen LogP contribution in [0.25, 0.3) is 6.08 Å². The molecular formula is C33H27BrCl2N2O5S. The summed E-state index contributed by atoms with van der Waals surface area (Å²) in [6, 6.07) is 17.4. The van der Waals surface area contributed by atoms with Crippen LogP contribution in [-0.4, -0.2) is 23.8 Å². The molecule has 226 valence electrons. The van der Waals surface area contributed by atoms with Crippen LogP contribution in [0, 0.1) is 0 Å². The third kappa shape index (κ3) is 6.86. The zero-order chi connectivity index (χ0) is 31.4. The fraction of sp³-hybridized carbons (Fsp3) is 0.182. The lowest BCUT2D eigenvalue weighted by molar-refractivity contribution is -0.139. The zero-order valence-corrected chi connectivity index (χ0v) is 27.7. The van der Waals surface area contributed by atoms with E-state index in [1.807, 2.05) is 36.4 Å². The number of fused-ring (bicyclic) bond motifs is 1. The summed E-state index contributed by atoms with van der Waals surface area (Å²) in [4.78, 5) is 32.2. The molecule has 4 aromatic rings. The van der Waals surface area contributed by atoms with Crippen molar-refractivity contribution in [2.45, 2.75) is 26.5 Å². The molecule has 1 aliphatic rings. The molecule has 1 aliphatic heterocycles. The number of allylic oxidation sites excluding steroid dienone is 1. The highest BCUT2D eigenvalue weighted by atomic mass is 79.9. The number of hydrogen-bond acceptors (Lipinski definition) is 7. The third-order valence-corrected chi connectivity index (χ3v) is 8.92. The average molecular weight is 714 g/mol. The molecule has 0 amide bonds. The van der Waals surface area contributed by atoms with Gasteiger partial charge in [0.1, 0.15) is 24.7 Å². The topological polar surface area (TPSA) is 79.1 Å². The van der Waals surface area contributed by atoms with Crippen LogP contribution < -0.4 is 24.4 Å². The molecule has 0 saturated carbocycles. The first-order valence-electron chi connectivity index (χ1n) is 13.6. The Morgan fingerprint density at radius 3 is 2.57 bits per heavy atom. The van der Waals surface area contributed by atoms with Crippen LogP contribution in [0.2, 0.25) is 10.0 Å². The van der Waals surface area contributed by atoms with Gasteiger partial charge in [-0.05, 0) is 83.4 Å². The van der Waals surface area contributed by atoms with E-state index in [2.05, 4.69) is 27.5 Å². The highest BCUT2D eigenvalue weighted by Gasteiger charge is 2.33. The standard InChI is InChI=1S/C33H27BrCl2N2O5S/c1-4-14-42-24-11-8-21(9-12-24)30-29(32(40)41-5-2)19(3)37-33-38(30)31(39)28(44-33)16-20-6-13-27(25(34)15-20)43-18-22-7-10-23(35)17-26(22)36/h4,6-13,15-17,30H,1,5,14,18H2,2-3H3/b28-16-/t30-/m1/s1. The van der Waals surface area contributed by atoms with E-state index in [0.717, 1.165) is 16.7 Å². The van der Waals surface area contributed by atoms with Crippen LogP contribution in [-0.2, 0) is 16.1 Å². The van der Waals surface area contributed by atoms with Crippen molar-refractivity contribution in [3.05, 3.63) is 135 Å². The van der Waals surface area contributed by atoms with Crippen LogP contribution in [0.15, 0.2) is 98.8 Å². The van der Waals surface area contributed by atoms with E-state index >= 15 is 0 Å². The number of hydrogen-bond donors (Lipinski definition) is 0. The first-order valence-corrected chi connectivity index (χ1v) is 16.0. The highest BCUT2D eigenvalue weighted by Crippen LogP contribution is 2.32. The van der Waals surface area contributed by atoms with E-state index in [9.17, 15) is 9.59 Å². The number of benzene rings is 3. The molecule has 3 aromatic carbocycles. The first kappa shape index (κ1) is 31.8. The Bertz CT molecular complexity index is 1950. The van der Waals surface area contributed by atoms with Crippen molar-refractivity contribution >= 4 is 62.5 Å². The number of carbonyl (C=O) groups excluding carboxylic acids is 1. The molecule has 7 nitrogen and oxygen atoms in total. The van der Waals surface area contributed by atoms with Crippen molar-refractivity contribution < 1.29 is 19.0 Å². The fourth-order valence-electron chi connectivity index (χ4n) is 4.68. The van der Waals surface area contributed by atoms with Crippen LogP contribution in [0.1, 0.15) is 36.6 Å². The SMILES string of the molecule is C=CCOc1ccc([C@@H]2C(C(=O)OCC)=C(C)N=c3s/c(=C\c4ccc(OCc5ccc(Cl)cc5Cl)c(Br)c4)c(=O)n32)cc1. The van der Waals surface area contributed by atoms with Gasteiger partial charge in [0.05, 0.1) is 32.9 Å². The Labute approximate surface area is 276 Å². The number of carbonyl (C=O) groups is 1. The molecule has 5 rings (SSSR count). The van der Waals surface area contributed by atoms with Crippen LogP contribution >= 0.6 is 50.5 Å². The molecule has 0 saturated heterocycles. The van der Waals surface area contributed by atoms with E-state index in [1.165, 1.54) is 11.3 Å². The van der Waals surface area contributed by atoms with Gasteiger partial charge in [0.2, 0.25) is 0 Å². The summed E-state index contributed by atoms with van der Waals surface area (Å²) in [5, 5.41) is 1.08. The Kier molecular flexibility index (Phi) is 10.1. The number of esters is 1. The second kappa shape index (κ2) is 14.0. The van der Waals surface area contributed by atoms with E-state index in [1.54, 1.807) is 54.8 Å². The molecule has 0 radical (unpaired) electrons. The molecule has 44 heavy (non-hydrogen) atoms. The van der Waals surface area contributed by atoms with Crippen molar-refractivity contribution in [3.63, 3.8) is 0 Å². The molecule has 0 spiro atoms. The Morgan fingerprint density at radius 2 is 1.89 bits per heavy atom. The number of ether oxygens (including phenoxy) is 3. The van der Waals surface area contributed by atoms with Crippen LogP contribution in [0.5, 0.6) is 11.5 Å². The second-order valence-electron chi connectivity index (χ2n) is 9.69. The lowest BCUT2D eigenvalue weighted by atomic mass is 9.96. The predicted octanol–water partition coefficient (Wildman–Crippen LogP) is 7.01. The summed E-state index contributed by atoms with van der Waals surface area (Å²) in [7, 11) is 0. The van der Waals surface area contributed by atoms with Crippen molar-refractivity contribution in [3.8, 4) is 11.5 Å². The fourth-order valence-corrected chi connectivity index (χ4v) is 6.70. The van der Waals surface area contributed by atoms with Gasteiger partial charge in [0.15, 0.2) is 4.80 Å². The van der Waals surface area contributed by atoms with E-state index < -0.39 is 12.0 Å². The molecular weight excluding hydrogens is 687 g/mol. The first-order chi connectivity index (χ1) is 21.2. The molecule has 0 fully saturated rings. The quantitative estimate of drug-likeness (QED) is 0.131. The third-order valence-electron chi connectivity index (χ3n) is 6.73. The minimum atomic E-state index is -0.719. The van der Waals surface area contributed by atoms with Crippen molar-refractivity contribution in [2.24, 2.45) is 4.99 Å². The lowest BCUT2D eigenvalue weighted by Crippen LogP contribution is -2.39. The normalized spacial score (nSPS) is 14.6. The molecule has 11 heteroatoms. The maximum atomic E-state index is 13.9. The molecule has 2 heterocycles. The van der Waals surface area contributed by atoms with Gasteiger partial charge in [-0.1, -0.05) is 71.5 Å². The minimum absolute atomic E-state index is 0.197. The molecule has 0 unspecified atom stereocenters. The van der Waals surface area contributed by atoms with Gasteiger partial charge in [-0.15, -0.1) is 0 Å². The van der Waals surface area contributed by atoms with Gasteiger partial charge < -0.3 is 14.2 Å². The Balaban J connectivity index is 1.50.